The first-order valence-electron chi connectivity index (χ1n) is 6.27. The molecule has 0 saturated carbocycles. The first kappa shape index (κ1) is 13.6. The van der Waals surface area contributed by atoms with E-state index in [0.717, 1.165) is 25.2 Å². The Bertz CT molecular complexity index is 412. The number of ether oxygens (including phenoxy) is 1. The van der Waals surface area contributed by atoms with Gasteiger partial charge in [-0.05, 0) is 49.4 Å². The van der Waals surface area contributed by atoms with Gasteiger partial charge in [0.2, 0.25) is 0 Å². The van der Waals surface area contributed by atoms with Crippen LogP contribution in [0.4, 0.5) is 0 Å². The Morgan fingerprint density at radius 3 is 2.59 bits per heavy atom. The minimum atomic E-state index is 0.288. The Morgan fingerprint density at radius 2 is 2.00 bits per heavy atom. The van der Waals surface area contributed by atoms with Crippen LogP contribution in [-0.4, -0.2) is 6.61 Å². The van der Waals surface area contributed by atoms with Crippen LogP contribution in [-0.2, 0) is 6.42 Å². The summed E-state index contributed by atoms with van der Waals surface area (Å²) in [6, 6.07) is 4.33. The van der Waals surface area contributed by atoms with E-state index in [0.29, 0.717) is 0 Å². The minimum Gasteiger partial charge on any atom is -0.493 e. The monoisotopic (exact) mass is 230 g/mol. The minimum absolute atomic E-state index is 0.288. The van der Waals surface area contributed by atoms with Gasteiger partial charge in [-0.25, -0.2) is 0 Å². The molecule has 0 heterocycles. The molecule has 1 aromatic carbocycles. The second-order valence-electron chi connectivity index (χ2n) is 4.66. The SMILES string of the molecule is C#CC(C)Cc1cc(C)c(OCCC)cc1C. The van der Waals surface area contributed by atoms with Gasteiger partial charge in [-0.1, -0.05) is 19.9 Å². The number of aryl methyl sites for hydroxylation is 2. The fourth-order valence-corrected chi connectivity index (χ4v) is 1.83. The summed E-state index contributed by atoms with van der Waals surface area (Å²) in [6.07, 6.45) is 7.41. The fraction of sp³-hybridized carbons (Fsp3) is 0.500. The fourth-order valence-electron chi connectivity index (χ4n) is 1.83. The van der Waals surface area contributed by atoms with E-state index < -0.39 is 0 Å². The Kier molecular flexibility index (Phi) is 5.10. The largest absolute Gasteiger partial charge is 0.493 e. The third kappa shape index (κ3) is 3.82. The molecule has 92 valence electrons. The summed E-state index contributed by atoms with van der Waals surface area (Å²) in [5.74, 6) is 4.07. The van der Waals surface area contributed by atoms with Crippen LogP contribution in [0.25, 0.3) is 0 Å². The lowest BCUT2D eigenvalue weighted by atomic mass is 9.96. The molecule has 0 aliphatic heterocycles. The van der Waals surface area contributed by atoms with Crippen molar-refractivity contribution in [1.82, 2.24) is 0 Å². The number of hydrogen-bond acceptors (Lipinski definition) is 1. The highest BCUT2D eigenvalue weighted by molar-refractivity contribution is 5.42. The highest BCUT2D eigenvalue weighted by Gasteiger charge is 2.07. The number of benzene rings is 1. The predicted octanol–water partition coefficient (Wildman–Crippen LogP) is 3.90. The molecule has 1 aromatic rings. The van der Waals surface area contributed by atoms with Gasteiger partial charge in [0.05, 0.1) is 6.61 Å². The smallest absolute Gasteiger partial charge is 0.122 e. The summed E-state index contributed by atoms with van der Waals surface area (Å²) < 4.78 is 5.71. The van der Waals surface area contributed by atoms with E-state index >= 15 is 0 Å². The maximum atomic E-state index is 5.71. The van der Waals surface area contributed by atoms with Gasteiger partial charge in [-0.15, -0.1) is 12.3 Å². The molecule has 0 fully saturated rings. The standard InChI is InChI=1S/C16H22O/c1-6-8-17-16-11-13(4)15(10-14(16)5)9-12(3)7-2/h2,10-12H,6,8-9H2,1,3-5H3. The summed E-state index contributed by atoms with van der Waals surface area (Å²) in [5, 5.41) is 0. The van der Waals surface area contributed by atoms with Crippen LogP contribution >= 0.6 is 0 Å². The Labute approximate surface area is 105 Å². The zero-order valence-electron chi connectivity index (χ0n) is 11.3. The zero-order valence-corrected chi connectivity index (χ0v) is 11.3. The highest BCUT2D eigenvalue weighted by Crippen LogP contribution is 2.24. The molecule has 0 amide bonds. The maximum absolute atomic E-state index is 5.71. The lowest BCUT2D eigenvalue weighted by Crippen LogP contribution is -2.02. The van der Waals surface area contributed by atoms with Crippen molar-refractivity contribution in [2.24, 2.45) is 5.92 Å². The lowest BCUT2D eigenvalue weighted by molar-refractivity contribution is 0.315. The van der Waals surface area contributed by atoms with Gasteiger partial charge in [0, 0.05) is 5.92 Å². The van der Waals surface area contributed by atoms with E-state index in [4.69, 9.17) is 11.2 Å². The molecule has 0 aliphatic rings. The van der Waals surface area contributed by atoms with Crippen LogP contribution in [0.3, 0.4) is 0 Å². The molecule has 0 spiro atoms. The Balaban J connectivity index is 2.89. The molecule has 0 bridgehead atoms. The van der Waals surface area contributed by atoms with Crippen LogP contribution in [0.15, 0.2) is 12.1 Å². The third-order valence-electron chi connectivity index (χ3n) is 2.91. The first-order chi connectivity index (χ1) is 8.08. The molecule has 1 nitrogen and oxygen atoms in total. The van der Waals surface area contributed by atoms with Crippen molar-refractivity contribution < 1.29 is 4.74 Å². The normalized spacial score (nSPS) is 11.9. The van der Waals surface area contributed by atoms with Crippen molar-refractivity contribution in [3.05, 3.63) is 28.8 Å². The van der Waals surface area contributed by atoms with Gasteiger partial charge in [-0.2, -0.15) is 0 Å². The van der Waals surface area contributed by atoms with E-state index in [9.17, 15) is 0 Å². The molecule has 1 heteroatoms. The average Bonchev–Trinajstić information content (AvgIpc) is 2.31. The second-order valence-corrected chi connectivity index (χ2v) is 4.66. The van der Waals surface area contributed by atoms with Crippen LogP contribution in [0.5, 0.6) is 5.75 Å². The lowest BCUT2D eigenvalue weighted by Gasteiger charge is -2.14. The highest BCUT2D eigenvalue weighted by atomic mass is 16.5. The molecule has 0 aliphatic carbocycles. The van der Waals surface area contributed by atoms with E-state index in [-0.39, 0.29) is 5.92 Å². The van der Waals surface area contributed by atoms with Crippen LogP contribution < -0.4 is 4.74 Å². The number of terminal acetylenes is 1. The average molecular weight is 230 g/mol. The summed E-state index contributed by atoms with van der Waals surface area (Å²) in [5.41, 5.74) is 3.80. The van der Waals surface area contributed by atoms with Crippen LogP contribution in [0.2, 0.25) is 0 Å². The van der Waals surface area contributed by atoms with Gasteiger partial charge in [0.25, 0.3) is 0 Å². The van der Waals surface area contributed by atoms with E-state index in [1.54, 1.807) is 0 Å². The Morgan fingerprint density at radius 1 is 1.29 bits per heavy atom. The molecule has 0 N–H and O–H groups in total. The molecule has 1 atom stereocenters. The molecule has 1 unspecified atom stereocenters. The zero-order chi connectivity index (χ0) is 12.8. The maximum Gasteiger partial charge on any atom is 0.122 e. The molecule has 0 radical (unpaired) electrons. The van der Waals surface area contributed by atoms with Crippen molar-refractivity contribution in [3.63, 3.8) is 0 Å². The van der Waals surface area contributed by atoms with Gasteiger partial charge >= 0.3 is 0 Å². The quantitative estimate of drug-likeness (QED) is 0.697. The predicted molar refractivity (Wildman–Crippen MR) is 73.4 cm³/mol. The van der Waals surface area contributed by atoms with Gasteiger partial charge < -0.3 is 4.74 Å². The van der Waals surface area contributed by atoms with Crippen molar-refractivity contribution in [2.75, 3.05) is 6.61 Å². The molecule has 1 rings (SSSR count). The summed E-state index contributed by atoms with van der Waals surface area (Å²) in [7, 11) is 0. The summed E-state index contributed by atoms with van der Waals surface area (Å²) in [4.78, 5) is 0. The molecule has 0 aromatic heterocycles. The van der Waals surface area contributed by atoms with Crippen LogP contribution in [0, 0.1) is 32.1 Å². The van der Waals surface area contributed by atoms with Crippen molar-refractivity contribution in [3.8, 4) is 18.1 Å². The first-order valence-corrected chi connectivity index (χ1v) is 6.27. The van der Waals surface area contributed by atoms with Crippen molar-refractivity contribution in [1.29, 1.82) is 0 Å². The van der Waals surface area contributed by atoms with Crippen LogP contribution in [0.1, 0.15) is 37.0 Å². The molecular weight excluding hydrogens is 208 g/mol. The van der Waals surface area contributed by atoms with Crippen molar-refractivity contribution >= 4 is 0 Å². The van der Waals surface area contributed by atoms with E-state index in [1.165, 1.54) is 16.7 Å². The van der Waals surface area contributed by atoms with Crippen molar-refractivity contribution in [2.45, 2.75) is 40.5 Å². The third-order valence-corrected chi connectivity index (χ3v) is 2.91. The number of rotatable bonds is 5. The van der Waals surface area contributed by atoms with E-state index in [1.807, 2.05) is 0 Å². The van der Waals surface area contributed by atoms with Gasteiger partial charge in [0.15, 0.2) is 0 Å². The van der Waals surface area contributed by atoms with E-state index in [2.05, 4.69) is 45.7 Å². The second kappa shape index (κ2) is 6.35. The molecule has 0 saturated heterocycles. The van der Waals surface area contributed by atoms with Gasteiger partial charge in [-0.3, -0.25) is 0 Å². The van der Waals surface area contributed by atoms with Gasteiger partial charge in [0.1, 0.15) is 5.75 Å². The molecule has 17 heavy (non-hydrogen) atoms. The Hall–Kier alpha value is -1.42. The topological polar surface area (TPSA) is 9.23 Å². The summed E-state index contributed by atoms with van der Waals surface area (Å²) >= 11 is 0. The molecular formula is C16H22O. The number of hydrogen-bond donors (Lipinski definition) is 0. The summed E-state index contributed by atoms with van der Waals surface area (Å²) in [6.45, 7) is 9.19.